The summed E-state index contributed by atoms with van der Waals surface area (Å²) in [4.78, 5) is 0. The maximum absolute atomic E-state index is 9.16. The average Bonchev–Trinajstić information content (AvgIpc) is 2.01. The van der Waals surface area contributed by atoms with Crippen LogP contribution in [0.2, 0.25) is 0 Å². The average molecular weight is 167 g/mol. The van der Waals surface area contributed by atoms with E-state index in [9.17, 15) is 0 Å². The Morgan fingerprint density at radius 1 is 1.25 bits per heavy atom. The molecular weight excluding hydrogens is 154 g/mol. The molecule has 0 amide bonds. The van der Waals surface area contributed by atoms with E-state index in [0.29, 0.717) is 0 Å². The Balaban J connectivity index is 3.05. The Labute approximate surface area is 71.7 Å². The number of nitrogens with one attached hydrogen (secondary N) is 1. The van der Waals surface area contributed by atoms with Gasteiger partial charge in [0.1, 0.15) is 0 Å². The molecule has 0 aromatic heterocycles. The van der Waals surface area contributed by atoms with Crippen LogP contribution in [0.3, 0.4) is 0 Å². The molecule has 66 valence electrons. The van der Waals surface area contributed by atoms with Crippen molar-refractivity contribution in [1.29, 1.82) is 0 Å². The van der Waals surface area contributed by atoms with E-state index in [1.165, 1.54) is 12.1 Å². The van der Waals surface area contributed by atoms with Gasteiger partial charge in [0.05, 0.1) is 0 Å². The van der Waals surface area contributed by atoms with Crippen molar-refractivity contribution in [3.05, 3.63) is 17.7 Å². The number of phenols is 2. The number of phenolic OH excluding ortho intramolecular Hbond substituents is 2. The lowest BCUT2D eigenvalue weighted by Crippen LogP contribution is -1.98. The highest BCUT2D eigenvalue weighted by Crippen LogP contribution is 2.30. The fourth-order valence-corrected chi connectivity index (χ4v) is 1.06. The Bertz CT molecular complexity index is 284. The van der Waals surface area contributed by atoms with Crippen molar-refractivity contribution in [3.63, 3.8) is 0 Å². The predicted octanol–water partition coefficient (Wildman–Crippen LogP) is 1.84. The van der Waals surface area contributed by atoms with Crippen molar-refractivity contribution in [2.45, 2.75) is 13.8 Å². The molecule has 12 heavy (non-hydrogen) atoms. The Kier molecular flexibility index (Phi) is 2.43. The molecule has 0 fully saturated rings. The molecular formula is C9H13NO2. The highest BCUT2D eigenvalue weighted by Gasteiger charge is 2.03. The maximum atomic E-state index is 9.16. The van der Waals surface area contributed by atoms with Gasteiger partial charge < -0.3 is 15.5 Å². The van der Waals surface area contributed by atoms with Crippen LogP contribution in [0.4, 0.5) is 5.69 Å². The maximum Gasteiger partial charge on any atom is 0.159 e. The van der Waals surface area contributed by atoms with Gasteiger partial charge in [-0.2, -0.15) is 0 Å². The van der Waals surface area contributed by atoms with Gasteiger partial charge in [0.25, 0.3) is 0 Å². The fraction of sp³-hybridized carbons (Fsp3) is 0.333. The highest BCUT2D eigenvalue weighted by molar-refractivity contribution is 5.59. The highest BCUT2D eigenvalue weighted by atomic mass is 16.3. The van der Waals surface area contributed by atoms with Crippen molar-refractivity contribution in [3.8, 4) is 11.5 Å². The molecule has 1 aromatic rings. The van der Waals surface area contributed by atoms with Crippen LogP contribution in [0.25, 0.3) is 0 Å². The number of hydrogen-bond donors (Lipinski definition) is 3. The van der Waals surface area contributed by atoms with Crippen LogP contribution >= 0.6 is 0 Å². The Hall–Kier alpha value is -1.38. The van der Waals surface area contributed by atoms with Crippen LogP contribution in [-0.4, -0.2) is 16.8 Å². The van der Waals surface area contributed by atoms with Crippen LogP contribution in [0.5, 0.6) is 11.5 Å². The summed E-state index contributed by atoms with van der Waals surface area (Å²) in [7, 11) is 0. The molecule has 1 rings (SSSR count). The Morgan fingerprint density at radius 3 is 2.42 bits per heavy atom. The van der Waals surface area contributed by atoms with Crippen LogP contribution in [0, 0.1) is 6.92 Å². The monoisotopic (exact) mass is 167 g/mol. The van der Waals surface area contributed by atoms with E-state index in [-0.39, 0.29) is 11.5 Å². The van der Waals surface area contributed by atoms with E-state index >= 15 is 0 Å². The molecule has 0 atom stereocenters. The molecule has 0 heterocycles. The zero-order valence-electron chi connectivity index (χ0n) is 7.26. The molecule has 0 saturated heterocycles. The van der Waals surface area contributed by atoms with Gasteiger partial charge in [-0.15, -0.1) is 0 Å². The molecule has 0 radical (unpaired) electrons. The van der Waals surface area contributed by atoms with Crippen LogP contribution in [-0.2, 0) is 0 Å². The number of hydrogen-bond acceptors (Lipinski definition) is 3. The quantitative estimate of drug-likeness (QED) is 0.465. The second kappa shape index (κ2) is 3.34. The normalized spacial score (nSPS) is 9.83. The lowest BCUT2D eigenvalue weighted by molar-refractivity contribution is 0.403. The lowest BCUT2D eigenvalue weighted by Gasteiger charge is -2.08. The van der Waals surface area contributed by atoms with Gasteiger partial charge in [0.2, 0.25) is 0 Å². The van der Waals surface area contributed by atoms with Crippen molar-refractivity contribution in [2.75, 3.05) is 11.9 Å². The zero-order chi connectivity index (χ0) is 9.14. The topological polar surface area (TPSA) is 52.5 Å². The van der Waals surface area contributed by atoms with Gasteiger partial charge in [-0.1, -0.05) is 0 Å². The van der Waals surface area contributed by atoms with E-state index in [0.717, 1.165) is 17.8 Å². The SMILES string of the molecule is CCNc1cc(O)c(O)cc1C. The lowest BCUT2D eigenvalue weighted by atomic mass is 10.2. The van der Waals surface area contributed by atoms with Crippen molar-refractivity contribution in [1.82, 2.24) is 0 Å². The largest absolute Gasteiger partial charge is 0.504 e. The molecule has 3 nitrogen and oxygen atoms in total. The summed E-state index contributed by atoms with van der Waals surface area (Å²) in [5, 5.41) is 21.3. The minimum absolute atomic E-state index is 0.0749. The van der Waals surface area contributed by atoms with E-state index in [1.54, 1.807) is 0 Å². The molecule has 0 saturated carbocycles. The Morgan fingerprint density at radius 2 is 1.83 bits per heavy atom. The molecule has 0 bridgehead atoms. The number of benzene rings is 1. The summed E-state index contributed by atoms with van der Waals surface area (Å²) in [6.45, 7) is 4.64. The summed E-state index contributed by atoms with van der Waals surface area (Å²) < 4.78 is 0. The summed E-state index contributed by atoms with van der Waals surface area (Å²) >= 11 is 0. The molecule has 3 N–H and O–H groups in total. The van der Waals surface area contributed by atoms with E-state index < -0.39 is 0 Å². The van der Waals surface area contributed by atoms with Gasteiger partial charge in [0.15, 0.2) is 11.5 Å². The first-order valence-electron chi connectivity index (χ1n) is 3.91. The smallest absolute Gasteiger partial charge is 0.159 e. The molecule has 1 aromatic carbocycles. The third-order valence-electron chi connectivity index (χ3n) is 1.69. The zero-order valence-corrected chi connectivity index (χ0v) is 7.26. The van der Waals surface area contributed by atoms with Crippen molar-refractivity contribution in [2.24, 2.45) is 0 Å². The van der Waals surface area contributed by atoms with Gasteiger partial charge in [-0.3, -0.25) is 0 Å². The number of aromatic hydroxyl groups is 2. The summed E-state index contributed by atoms with van der Waals surface area (Å²) in [5.74, 6) is -0.161. The van der Waals surface area contributed by atoms with Crippen molar-refractivity contribution < 1.29 is 10.2 Å². The molecule has 0 aliphatic heterocycles. The minimum atomic E-state index is -0.0865. The third-order valence-corrected chi connectivity index (χ3v) is 1.69. The number of rotatable bonds is 2. The first-order chi connectivity index (χ1) is 5.65. The third kappa shape index (κ3) is 1.61. The van der Waals surface area contributed by atoms with Crippen molar-refractivity contribution >= 4 is 5.69 Å². The van der Waals surface area contributed by atoms with E-state index in [1.807, 2.05) is 13.8 Å². The fourth-order valence-electron chi connectivity index (χ4n) is 1.06. The molecule has 0 aliphatic carbocycles. The number of aryl methyl sites for hydroxylation is 1. The molecule has 0 unspecified atom stereocenters. The van der Waals surface area contributed by atoms with Gasteiger partial charge in [0, 0.05) is 18.3 Å². The van der Waals surface area contributed by atoms with Crippen LogP contribution < -0.4 is 5.32 Å². The van der Waals surface area contributed by atoms with E-state index in [4.69, 9.17) is 10.2 Å². The summed E-state index contributed by atoms with van der Waals surface area (Å²) in [6.07, 6.45) is 0. The molecule has 0 aliphatic rings. The predicted molar refractivity (Wildman–Crippen MR) is 48.7 cm³/mol. The summed E-state index contributed by atoms with van der Waals surface area (Å²) in [5.41, 5.74) is 1.78. The van der Waals surface area contributed by atoms with Gasteiger partial charge >= 0.3 is 0 Å². The van der Waals surface area contributed by atoms with Gasteiger partial charge in [-0.25, -0.2) is 0 Å². The first kappa shape index (κ1) is 8.71. The minimum Gasteiger partial charge on any atom is -0.504 e. The second-order valence-electron chi connectivity index (χ2n) is 2.69. The first-order valence-corrected chi connectivity index (χ1v) is 3.91. The molecule has 3 heteroatoms. The second-order valence-corrected chi connectivity index (χ2v) is 2.69. The van der Waals surface area contributed by atoms with Crippen LogP contribution in [0.15, 0.2) is 12.1 Å². The van der Waals surface area contributed by atoms with E-state index in [2.05, 4.69) is 5.32 Å². The summed E-state index contributed by atoms with van der Waals surface area (Å²) in [6, 6.07) is 3.06. The van der Waals surface area contributed by atoms with Gasteiger partial charge in [-0.05, 0) is 25.5 Å². The molecule has 0 spiro atoms. The number of anilines is 1. The van der Waals surface area contributed by atoms with Crippen LogP contribution in [0.1, 0.15) is 12.5 Å². The standard InChI is InChI=1S/C9H13NO2/c1-3-10-7-5-9(12)8(11)4-6(7)2/h4-5,10-12H,3H2,1-2H3.